The van der Waals surface area contributed by atoms with Crippen LogP contribution in [0.3, 0.4) is 0 Å². The van der Waals surface area contributed by atoms with E-state index in [2.05, 4.69) is 64.1 Å². The SMILES string of the molecule is Cc1nc2c(ncn2[C@@H]2O[C@@H]3COP(C)(=S)OC4[C@@H](COP(O)(=S)O[C@H]2C3O[Si](C)(C)C(C)(C)C)O[C@@H](n2ccc3c(NC(=O)c5ccccc5)ncnc32)[C@H]4C)c(=O)[nH]1. The number of carbonyl (C=O) groups is 1. The summed E-state index contributed by atoms with van der Waals surface area (Å²) < 4.78 is 49.6. The quantitative estimate of drug-likeness (QED) is 0.133. The molecule has 3 saturated heterocycles. The topological polar surface area (TPSA) is 208 Å². The van der Waals surface area contributed by atoms with Crippen LogP contribution >= 0.6 is 13.2 Å². The molecule has 4 aromatic heterocycles. The monoisotopic (exact) mass is 918 g/mol. The third-order valence-corrected chi connectivity index (χ3v) is 19.3. The van der Waals surface area contributed by atoms with E-state index in [9.17, 15) is 14.5 Å². The average molecular weight is 919 g/mol. The first-order chi connectivity index (χ1) is 28.2. The number of anilines is 1. The van der Waals surface area contributed by atoms with E-state index in [1.807, 2.05) is 17.6 Å². The van der Waals surface area contributed by atoms with Crippen molar-refractivity contribution in [2.45, 2.75) is 95.7 Å². The molecular weight excluding hydrogens is 871 g/mol. The van der Waals surface area contributed by atoms with Gasteiger partial charge in [-0.25, -0.2) is 19.9 Å². The highest BCUT2D eigenvalue weighted by Crippen LogP contribution is 2.56. The van der Waals surface area contributed by atoms with Gasteiger partial charge in [0.25, 0.3) is 11.5 Å². The van der Waals surface area contributed by atoms with E-state index in [0.29, 0.717) is 28.2 Å². The number of hydrogen-bond acceptors (Lipinski definition) is 15. The van der Waals surface area contributed by atoms with Gasteiger partial charge < -0.3 is 47.2 Å². The Morgan fingerprint density at radius 3 is 2.43 bits per heavy atom. The summed E-state index contributed by atoms with van der Waals surface area (Å²) in [6, 6.07) is 10.6. The van der Waals surface area contributed by atoms with E-state index in [0.717, 1.165) is 0 Å². The molecule has 60 heavy (non-hydrogen) atoms. The van der Waals surface area contributed by atoms with Crippen LogP contribution in [0.4, 0.5) is 5.82 Å². The van der Waals surface area contributed by atoms with Crippen LogP contribution in [0, 0.1) is 12.8 Å². The Bertz CT molecular complexity index is 2590. The lowest BCUT2D eigenvalue weighted by atomic mass is 10.0. The molecule has 0 aliphatic carbocycles. The van der Waals surface area contributed by atoms with Crippen molar-refractivity contribution in [3.63, 3.8) is 0 Å². The van der Waals surface area contributed by atoms with Gasteiger partial charge >= 0.3 is 6.72 Å². The molecule has 5 aromatic rings. The first kappa shape index (κ1) is 43.5. The van der Waals surface area contributed by atoms with Crippen LogP contribution < -0.4 is 10.9 Å². The Hall–Kier alpha value is -3.14. The minimum Gasteiger partial charge on any atom is -0.408 e. The summed E-state index contributed by atoms with van der Waals surface area (Å²) >= 11 is 11.8. The van der Waals surface area contributed by atoms with Gasteiger partial charge in [0.05, 0.1) is 24.9 Å². The lowest BCUT2D eigenvalue weighted by Crippen LogP contribution is -2.50. The van der Waals surface area contributed by atoms with Gasteiger partial charge in [0.15, 0.2) is 32.2 Å². The smallest absolute Gasteiger partial charge is 0.325 e. The number of imidazole rings is 1. The average Bonchev–Trinajstić information content (AvgIpc) is 3.94. The van der Waals surface area contributed by atoms with Crippen LogP contribution in [-0.2, 0) is 55.6 Å². The second-order valence-electron chi connectivity index (χ2n) is 16.8. The van der Waals surface area contributed by atoms with Gasteiger partial charge in [-0.3, -0.25) is 18.7 Å². The third-order valence-electron chi connectivity index (χ3n) is 11.5. The first-order valence-corrected chi connectivity index (χ1v) is 28.0. The van der Waals surface area contributed by atoms with Gasteiger partial charge in [-0.1, -0.05) is 45.9 Å². The molecule has 10 atom stereocenters. The first-order valence-electron chi connectivity index (χ1n) is 19.4. The van der Waals surface area contributed by atoms with E-state index in [-0.39, 0.29) is 41.2 Å². The highest BCUT2D eigenvalue weighted by atomic mass is 32.5. The van der Waals surface area contributed by atoms with E-state index >= 15 is 0 Å². The van der Waals surface area contributed by atoms with Crippen LogP contribution in [0.25, 0.3) is 22.2 Å². The number of rotatable bonds is 6. The second kappa shape index (κ2) is 16.2. The second-order valence-corrected chi connectivity index (χ2v) is 28.3. The lowest BCUT2D eigenvalue weighted by Gasteiger charge is -2.41. The molecule has 0 saturated carbocycles. The normalized spacial score (nSPS) is 31.7. The molecule has 18 nitrogen and oxygen atoms in total. The highest BCUT2D eigenvalue weighted by Gasteiger charge is 2.55. The molecule has 0 radical (unpaired) electrons. The summed E-state index contributed by atoms with van der Waals surface area (Å²) in [6.07, 6.45) is -1.28. The number of amides is 1. The number of nitrogens with zero attached hydrogens (tertiary/aromatic N) is 6. The molecule has 3 aliphatic heterocycles. The third kappa shape index (κ3) is 8.50. The van der Waals surface area contributed by atoms with Crippen molar-refractivity contribution in [1.82, 2.24) is 34.1 Å². The Morgan fingerprint density at radius 1 is 0.983 bits per heavy atom. The summed E-state index contributed by atoms with van der Waals surface area (Å²) in [7, 11) is -2.57. The maximum absolute atomic E-state index is 13.0. The maximum Gasteiger partial charge on any atom is 0.325 e. The van der Waals surface area contributed by atoms with Crippen molar-refractivity contribution >= 4 is 79.1 Å². The number of carbonyl (C=O) groups excluding carboxylic acids is 1. The molecule has 2 bridgehead atoms. The fourth-order valence-electron chi connectivity index (χ4n) is 7.42. The van der Waals surface area contributed by atoms with Crippen molar-refractivity contribution in [2.24, 2.45) is 5.92 Å². The Morgan fingerprint density at radius 2 is 1.70 bits per heavy atom. The number of nitrogens with one attached hydrogen (secondary N) is 2. The fourth-order valence-corrected chi connectivity index (χ4v) is 11.9. The molecular formula is C37H48N8O10P2S2Si. The molecule has 23 heteroatoms. The molecule has 322 valence electrons. The summed E-state index contributed by atoms with van der Waals surface area (Å²) in [5.41, 5.74) is 0.915. The largest absolute Gasteiger partial charge is 0.408 e. The van der Waals surface area contributed by atoms with Crippen molar-refractivity contribution in [2.75, 3.05) is 25.2 Å². The van der Waals surface area contributed by atoms with Crippen LogP contribution in [0.15, 0.2) is 60.0 Å². The van der Waals surface area contributed by atoms with Crippen molar-refractivity contribution in [3.05, 3.63) is 77.0 Å². The summed E-state index contributed by atoms with van der Waals surface area (Å²) in [6.45, 7) is 8.37. The highest BCUT2D eigenvalue weighted by molar-refractivity contribution is 8.09. The summed E-state index contributed by atoms with van der Waals surface area (Å²) in [4.78, 5) is 58.3. The van der Waals surface area contributed by atoms with Gasteiger partial charge in [0, 0.05) is 24.3 Å². The van der Waals surface area contributed by atoms with Crippen LogP contribution in [-0.4, -0.2) is 104 Å². The molecule has 1 amide bonds. The number of ether oxygens (including phenoxy) is 2. The predicted molar refractivity (Wildman–Crippen MR) is 232 cm³/mol. The zero-order valence-corrected chi connectivity index (χ0v) is 38.7. The van der Waals surface area contributed by atoms with Crippen molar-refractivity contribution in [3.8, 4) is 0 Å². The maximum atomic E-state index is 13.0. The molecule has 7 heterocycles. The Labute approximate surface area is 357 Å². The number of aromatic nitrogens is 7. The molecule has 1 aromatic carbocycles. The minimum absolute atomic E-state index is 0.0645. The molecule has 8 rings (SSSR count). The molecule has 3 fully saturated rings. The Kier molecular flexibility index (Phi) is 11.7. The van der Waals surface area contributed by atoms with Crippen molar-refractivity contribution < 1.29 is 41.7 Å². The van der Waals surface area contributed by atoms with Gasteiger partial charge in [0.2, 0.25) is 0 Å². The van der Waals surface area contributed by atoms with Crippen LogP contribution in [0.5, 0.6) is 0 Å². The van der Waals surface area contributed by atoms with E-state index in [1.165, 1.54) is 12.7 Å². The number of fused-ring (bicyclic) bond motifs is 5. The standard InChI is InChI=1S/C37H48N8O10P2S2Si/c1-20-27-24(51-35(20)44-15-14-23-30(38-18-39-31(23)44)43-33(46)22-12-10-9-11-13-22)17-50-57(48,59)54-29-28(55-60(7,8)37(3,4)5)25(16-49-56(6,58)53-27)52-36(29)45-19-40-26-32(45)41-21(2)42-34(26)47/h9-15,18-20,24-25,27-29,35-36H,16-17H2,1-8H3,(H,48,59)(H,41,42,47)(H,38,39,43,46)/t20-,24+,25+,27?,28?,29-,35+,36+,56?,57?/m0/s1. The van der Waals surface area contributed by atoms with Gasteiger partial charge in [-0.05, 0) is 66.9 Å². The lowest BCUT2D eigenvalue weighted by molar-refractivity contribution is -0.0573. The molecule has 3 N–H and O–H groups in total. The zero-order chi connectivity index (χ0) is 42.9. The molecule has 0 spiro atoms. The van der Waals surface area contributed by atoms with Crippen LogP contribution in [0.1, 0.15) is 56.3 Å². The van der Waals surface area contributed by atoms with Crippen LogP contribution in [0.2, 0.25) is 18.1 Å². The fraction of sp³-hybridized carbons (Fsp3) is 0.514. The molecule has 3 aliphatic rings. The number of hydrogen-bond donors (Lipinski definition) is 3. The van der Waals surface area contributed by atoms with Gasteiger partial charge in [-0.2, -0.15) is 0 Å². The minimum atomic E-state index is -4.12. The number of aromatic amines is 1. The summed E-state index contributed by atoms with van der Waals surface area (Å²) in [5.74, 6) is 0.0324. The van der Waals surface area contributed by atoms with Crippen molar-refractivity contribution in [1.29, 1.82) is 0 Å². The molecule has 4 unspecified atom stereocenters. The summed E-state index contributed by atoms with van der Waals surface area (Å²) in [5, 5.41) is 3.26. The zero-order valence-electron chi connectivity index (χ0n) is 34.2. The Balaban J connectivity index is 1.12. The van der Waals surface area contributed by atoms with Gasteiger partial charge in [0.1, 0.15) is 60.4 Å². The number of aryl methyl sites for hydroxylation is 1. The number of benzene rings is 1. The van der Waals surface area contributed by atoms with E-state index in [4.69, 9.17) is 55.6 Å². The van der Waals surface area contributed by atoms with Gasteiger partial charge in [-0.15, -0.1) is 0 Å². The number of H-pyrrole nitrogens is 1. The predicted octanol–water partition coefficient (Wildman–Crippen LogP) is 5.92. The van der Waals surface area contributed by atoms with E-state index in [1.54, 1.807) is 54.7 Å². The van der Waals surface area contributed by atoms with E-state index < -0.39 is 70.1 Å².